The van der Waals surface area contributed by atoms with Gasteiger partial charge in [-0.15, -0.1) is 5.10 Å². The number of carbonyl (C=O) groups excluding carboxylic acids is 1. The fourth-order valence-electron chi connectivity index (χ4n) is 7.15. The summed E-state index contributed by atoms with van der Waals surface area (Å²) in [5.41, 5.74) is 6.56. The van der Waals surface area contributed by atoms with Gasteiger partial charge in [-0.1, -0.05) is 17.7 Å². The number of piperidine rings is 1. The van der Waals surface area contributed by atoms with Crippen LogP contribution in [0.5, 0.6) is 0 Å². The molecule has 12 nitrogen and oxygen atoms in total. The van der Waals surface area contributed by atoms with E-state index in [1.54, 1.807) is 4.68 Å². The van der Waals surface area contributed by atoms with Crippen molar-refractivity contribution in [1.29, 1.82) is 5.41 Å². The summed E-state index contributed by atoms with van der Waals surface area (Å²) in [6.45, 7) is 10.2. The molecule has 12 heteroatoms. The number of fused-ring (bicyclic) bond motifs is 1. The van der Waals surface area contributed by atoms with E-state index in [-0.39, 0.29) is 12.3 Å². The molecule has 266 valence electrons. The summed E-state index contributed by atoms with van der Waals surface area (Å²) in [6, 6.07) is 8.36. The minimum Gasteiger partial charge on any atom is -0.444 e. The molecule has 1 amide bonds. The molecule has 2 N–H and O–H groups in total. The topological polar surface area (TPSA) is 126 Å². The summed E-state index contributed by atoms with van der Waals surface area (Å²) in [5, 5.41) is 21.1. The van der Waals surface area contributed by atoms with Gasteiger partial charge >= 0.3 is 6.09 Å². The molecule has 3 fully saturated rings. The van der Waals surface area contributed by atoms with Gasteiger partial charge in [0.25, 0.3) is 0 Å². The second-order valence-corrected chi connectivity index (χ2v) is 15.1. The normalized spacial score (nSPS) is 18.5. The van der Waals surface area contributed by atoms with Crippen LogP contribution in [0.3, 0.4) is 0 Å². The monoisotopic (exact) mass is 681 g/mol. The molecule has 4 aromatic rings. The summed E-state index contributed by atoms with van der Waals surface area (Å²) in [5.74, 6) is 0.537. The van der Waals surface area contributed by atoms with E-state index >= 15 is 0 Å². The lowest BCUT2D eigenvalue weighted by atomic mass is 9.85. The first-order valence-electron chi connectivity index (χ1n) is 18.4. The van der Waals surface area contributed by atoms with Gasteiger partial charge in [0, 0.05) is 67.4 Å². The molecule has 2 aliphatic heterocycles. The van der Waals surface area contributed by atoms with E-state index < -0.39 is 5.60 Å². The van der Waals surface area contributed by atoms with Gasteiger partial charge in [0.2, 0.25) is 0 Å². The standard InChI is InChI=1S/C38H51N9O3/c1-38(2,3)50-37(48)46(21-27-10-9-11-27)23-28-13-14-35-40-29(24-45(35)22-28)25-47-26-34(42-43-47)31-18-30(44-15-6-4-7-16-44)19-33(32(31)20-39)41-36-12-5-8-17-49-36/h13-14,18-20,22,24,26-27,36,39,41H,4-12,15-17,21,23,25H2,1-3H3. The maximum atomic E-state index is 13.1. The van der Waals surface area contributed by atoms with E-state index in [9.17, 15) is 4.79 Å². The molecule has 1 saturated carbocycles. The highest BCUT2D eigenvalue weighted by atomic mass is 16.6. The Morgan fingerprint density at radius 1 is 1.06 bits per heavy atom. The van der Waals surface area contributed by atoms with E-state index in [1.165, 1.54) is 31.9 Å². The minimum absolute atomic E-state index is 0.0683. The second kappa shape index (κ2) is 14.8. The Bertz CT molecular complexity index is 1790. The molecular formula is C38H51N9O3. The highest BCUT2D eigenvalue weighted by Gasteiger charge is 2.28. The molecule has 3 aliphatic rings. The molecule has 1 aliphatic carbocycles. The van der Waals surface area contributed by atoms with Crippen LogP contribution in [0.1, 0.15) is 95.4 Å². The molecule has 1 atom stereocenters. The van der Waals surface area contributed by atoms with Crippen molar-refractivity contribution in [3.05, 3.63) is 59.7 Å². The molecule has 50 heavy (non-hydrogen) atoms. The highest BCUT2D eigenvalue weighted by molar-refractivity contribution is 5.97. The van der Waals surface area contributed by atoms with Crippen LogP contribution in [-0.2, 0) is 22.6 Å². The van der Waals surface area contributed by atoms with Crippen molar-refractivity contribution >= 4 is 29.3 Å². The van der Waals surface area contributed by atoms with E-state index in [1.807, 2.05) is 60.8 Å². The average molecular weight is 682 g/mol. The van der Waals surface area contributed by atoms with Crippen LogP contribution in [0.25, 0.3) is 16.9 Å². The fourth-order valence-corrected chi connectivity index (χ4v) is 7.15. The third-order valence-electron chi connectivity index (χ3n) is 9.96. The lowest BCUT2D eigenvalue weighted by molar-refractivity contribution is 0.0173. The Hall–Kier alpha value is -4.45. The van der Waals surface area contributed by atoms with E-state index in [4.69, 9.17) is 19.9 Å². The third-order valence-corrected chi connectivity index (χ3v) is 9.96. The Kier molecular flexibility index (Phi) is 10.1. The molecule has 3 aromatic heterocycles. The van der Waals surface area contributed by atoms with Crippen molar-refractivity contribution < 1.29 is 14.3 Å². The second-order valence-electron chi connectivity index (χ2n) is 15.1. The first-order chi connectivity index (χ1) is 24.2. The molecule has 0 spiro atoms. The quantitative estimate of drug-likeness (QED) is 0.161. The van der Waals surface area contributed by atoms with Gasteiger partial charge in [-0.05, 0) is 102 Å². The van der Waals surface area contributed by atoms with Crippen molar-refractivity contribution in [1.82, 2.24) is 29.3 Å². The number of hydrogen-bond acceptors (Lipinski definition) is 9. The van der Waals surface area contributed by atoms with Crippen LogP contribution < -0.4 is 10.2 Å². The van der Waals surface area contributed by atoms with E-state index in [2.05, 4.69) is 32.7 Å². The summed E-state index contributed by atoms with van der Waals surface area (Å²) < 4.78 is 15.6. The minimum atomic E-state index is -0.542. The van der Waals surface area contributed by atoms with Crippen LogP contribution >= 0.6 is 0 Å². The maximum absolute atomic E-state index is 13.1. The number of ether oxygens (including phenoxy) is 2. The zero-order chi connectivity index (χ0) is 34.7. The lowest BCUT2D eigenvalue weighted by Gasteiger charge is -2.33. The Morgan fingerprint density at radius 3 is 2.62 bits per heavy atom. The fraction of sp³-hybridized carbons (Fsp3) is 0.553. The average Bonchev–Trinajstić information content (AvgIpc) is 3.72. The van der Waals surface area contributed by atoms with E-state index in [0.717, 1.165) is 96.9 Å². The van der Waals surface area contributed by atoms with E-state index in [0.29, 0.717) is 25.6 Å². The van der Waals surface area contributed by atoms with Crippen molar-refractivity contribution in [2.24, 2.45) is 5.92 Å². The number of rotatable bonds is 11. The molecular weight excluding hydrogens is 630 g/mol. The third kappa shape index (κ3) is 8.12. The molecule has 5 heterocycles. The first-order valence-corrected chi connectivity index (χ1v) is 18.4. The molecule has 0 bridgehead atoms. The van der Waals surface area contributed by atoms with Crippen molar-refractivity contribution in [2.45, 2.75) is 103 Å². The Morgan fingerprint density at radius 2 is 1.90 bits per heavy atom. The summed E-state index contributed by atoms with van der Waals surface area (Å²) in [7, 11) is 0. The molecule has 1 unspecified atom stereocenters. The number of aromatic nitrogens is 5. The highest BCUT2D eigenvalue weighted by Crippen LogP contribution is 2.35. The predicted molar refractivity (Wildman–Crippen MR) is 195 cm³/mol. The predicted octanol–water partition coefficient (Wildman–Crippen LogP) is 7.10. The maximum Gasteiger partial charge on any atom is 0.410 e. The zero-order valence-corrected chi connectivity index (χ0v) is 29.7. The number of pyridine rings is 1. The Balaban J connectivity index is 1.10. The van der Waals surface area contributed by atoms with Crippen molar-refractivity contribution in [3.63, 3.8) is 0 Å². The molecule has 0 radical (unpaired) electrons. The van der Waals surface area contributed by atoms with Gasteiger partial charge in [0.1, 0.15) is 23.2 Å². The number of benzene rings is 1. The van der Waals surface area contributed by atoms with Gasteiger partial charge in [0.15, 0.2) is 0 Å². The zero-order valence-electron chi connectivity index (χ0n) is 29.7. The van der Waals surface area contributed by atoms with Crippen LogP contribution in [0.15, 0.2) is 42.9 Å². The number of nitrogens with one attached hydrogen (secondary N) is 2. The van der Waals surface area contributed by atoms with Gasteiger partial charge < -0.3 is 34.4 Å². The summed E-state index contributed by atoms with van der Waals surface area (Å²) >= 11 is 0. The Labute approximate surface area is 294 Å². The SMILES string of the molecule is CC(C)(C)OC(=O)N(Cc1ccc2nc(Cn3cc(-c4cc(N5CCCCC5)cc(NC5CCCCO5)c4C=N)nn3)cn2c1)CC1CCC1. The largest absolute Gasteiger partial charge is 0.444 e. The van der Waals surface area contributed by atoms with Crippen molar-refractivity contribution in [3.8, 4) is 11.3 Å². The first kappa shape index (κ1) is 34.0. The van der Waals surface area contributed by atoms with Crippen molar-refractivity contribution in [2.75, 3.05) is 36.5 Å². The van der Waals surface area contributed by atoms with Gasteiger partial charge in [0.05, 0.1) is 25.0 Å². The van der Waals surface area contributed by atoms with Gasteiger partial charge in [-0.3, -0.25) is 0 Å². The smallest absolute Gasteiger partial charge is 0.410 e. The van der Waals surface area contributed by atoms with Crippen LogP contribution in [0.4, 0.5) is 16.2 Å². The van der Waals surface area contributed by atoms with Gasteiger partial charge in [-0.25, -0.2) is 14.5 Å². The summed E-state index contributed by atoms with van der Waals surface area (Å²) in [4.78, 5) is 22.2. The molecule has 1 aromatic carbocycles. The number of hydrogen-bond donors (Lipinski definition) is 2. The van der Waals surface area contributed by atoms with Crippen LogP contribution in [-0.4, -0.2) is 79.7 Å². The molecule has 7 rings (SSSR count). The number of anilines is 2. The number of imidazole rings is 1. The summed E-state index contributed by atoms with van der Waals surface area (Å²) in [6.07, 6.45) is 17.4. The van der Waals surface area contributed by atoms with Crippen LogP contribution in [0, 0.1) is 11.3 Å². The number of carbonyl (C=O) groups is 1. The lowest BCUT2D eigenvalue weighted by Crippen LogP contribution is -2.40. The molecule has 2 saturated heterocycles. The number of nitrogens with zero attached hydrogens (tertiary/aromatic N) is 7. The van der Waals surface area contributed by atoms with Gasteiger partial charge in [-0.2, -0.15) is 0 Å². The number of amides is 1. The van der Waals surface area contributed by atoms with Crippen LogP contribution in [0.2, 0.25) is 0 Å².